The summed E-state index contributed by atoms with van der Waals surface area (Å²) < 4.78 is 47.3. The minimum absolute atomic E-state index is 0.0270. The summed E-state index contributed by atoms with van der Waals surface area (Å²) in [4.78, 5) is 11.3. The van der Waals surface area contributed by atoms with E-state index < -0.39 is 9.84 Å². The highest BCUT2D eigenvalue weighted by molar-refractivity contribution is 7.90. The summed E-state index contributed by atoms with van der Waals surface area (Å²) >= 11 is 0. The van der Waals surface area contributed by atoms with E-state index in [0.29, 0.717) is 37.9 Å². The van der Waals surface area contributed by atoms with Crippen LogP contribution in [0, 0.1) is 11.7 Å². The van der Waals surface area contributed by atoms with Crippen LogP contribution >= 0.6 is 0 Å². The van der Waals surface area contributed by atoms with Crippen molar-refractivity contribution in [1.29, 1.82) is 0 Å². The molecular formula is C29H29FN4O4S. The Morgan fingerprint density at radius 1 is 1.15 bits per heavy atom. The van der Waals surface area contributed by atoms with Gasteiger partial charge in [-0.3, -0.25) is 14.9 Å². The van der Waals surface area contributed by atoms with Crippen LogP contribution in [0.5, 0.6) is 5.75 Å². The van der Waals surface area contributed by atoms with Crippen LogP contribution in [0.4, 0.5) is 16.0 Å². The van der Waals surface area contributed by atoms with Gasteiger partial charge in [-0.25, -0.2) is 12.8 Å². The zero-order chi connectivity index (χ0) is 27.2. The molecule has 1 unspecified atom stereocenters. The van der Waals surface area contributed by atoms with Gasteiger partial charge in [0.1, 0.15) is 28.0 Å². The summed E-state index contributed by atoms with van der Waals surface area (Å²) in [6.07, 6.45) is 10.8. The van der Waals surface area contributed by atoms with E-state index in [2.05, 4.69) is 10.3 Å². The number of fused-ring (bicyclic) bond motifs is 1. The summed E-state index contributed by atoms with van der Waals surface area (Å²) in [6, 6.07) is 15.7. The number of hydrogen-bond acceptors (Lipinski definition) is 8. The Balaban J connectivity index is 1.24. The normalized spacial score (nSPS) is 17.8. The van der Waals surface area contributed by atoms with Crippen LogP contribution in [0.25, 0.3) is 0 Å². The number of halogens is 1. The second-order valence-electron chi connectivity index (χ2n) is 9.42. The number of sulfone groups is 1. The van der Waals surface area contributed by atoms with Gasteiger partial charge in [-0.15, -0.1) is 0 Å². The van der Waals surface area contributed by atoms with Gasteiger partial charge in [0.15, 0.2) is 0 Å². The maximum absolute atomic E-state index is 13.1. The number of anilines is 1. The van der Waals surface area contributed by atoms with Crippen molar-refractivity contribution >= 4 is 33.3 Å². The number of ether oxygens (including phenoxy) is 1. The molecule has 0 amide bonds. The van der Waals surface area contributed by atoms with Crippen LogP contribution in [0.15, 0.2) is 99.3 Å². The molecule has 3 aromatic rings. The van der Waals surface area contributed by atoms with Crippen molar-refractivity contribution in [2.45, 2.75) is 13.2 Å². The van der Waals surface area contributed by atoms with Gasteiger partial charge >= 0.3 is 0 Å². The SMILES string of the molecule is CS(=O)(=O)CCNCc1coc(N2C=CC3C=NCC(=Nc4ccc(OCc5ccc(F)cc5)cc4)C3=C2)c1. The Kier molecular flexibility index (Phi) is 8.04. The number of hydrogen-bond donors (Lipinski definition) is 1. The van der Waals surface area contributed by atoms with Crippen LogP contribution in [-0.2, 0) is 23.0 Å². The highest BCUT2D eigenvalue weighted by atomic mass is 32.2. The predicted octanol–water partition coefficient (Wildman–Crippen LogP) is 4.82. The van der Waals surface area contributed by atoms with Crippen molar-refractivity contribution in [3.63, 3.8) is 0 Å². The van der Waals surface area contributed by atoms with E-state index in [-0.39, 0.29) is 17.5 Å². The minimum atomic E-state index is -3.00. The first kappa shape index (κ1) is 26.6. The molecule has 1 aromatic heterocycles. The molecule has 1 atom stereocenters. The molecule has 0 aliphatic carbocycles. The van der Waals surface area contributed by atoms with Crippen LogP contribution in [-0.4, -0.2) is 45.4 Å². The molecule has 0 fully saturated rings. The lowest BCUT2D eigenvalue weighted by Crippen LogP contribution is -2.27. The molecular weight excluding hydrogens is 519 g/mol. The van der Waals surface area contributed by atoms with Crippen LogP contribution in [0.2, 0.25) is 0 Å². The van der Waals surface area contributed by atoms with Crippen molar-refractivity contribution in [2.75, 3.05) is 30.0 Å². The molecule has 2 aliphatic heterocycles. The highest BCUT2D eigenvalue weighted by Crippen LogP contribution is 2.29. The largest absolute Gasteiger partial charge is 0.489 e. The summed E-state index contributed by atoms with van der Waals surface area (Å²) in [5.41, 5.74) is 4.51. The fraction of sp³-hybridized carbons (Fsp3) is 0.241. The molecule has 39 heavy (non-hydrogen) atoms. The summed E-state index contributed by atoms with van der Waals surface area (Å²) in [7, 11) is -3.00. The van der Waals surface area contributed by atoms with E-state index in [1.807, 2.05) is 59.9 Å². The molecule has 0 bridgehead atoms. The maximum Gasteiger partial charge on any atom is 0.203 e. The predicted molar refractivity (Wildman–Crippen MR) is 151 cm³/mol. The third-order valence-corrected chi connectivity index (χ3v) is 7.17. The van der Waals surface area contributed by atoms with Gasteiger partial charge in [0.25, 0.3) is 0 Å². The molecule has 3 heterocycles. The average molecular weight is 549 g/mol. The summed E-state index contributed by atoms with van der Waals surface area (Å²) in [5, 5.41) is 3.13. The molecule has 10 heteroatoms. The Labute approximate surface area is 227 Å². The Morgan fingerprint density at radius 3 is 2.72 bits per heavy atom. The van der Waals surface area contributed by atoms with Gasteiger partial charge in [-0.1, -0.05) is 18.2 Å². The third-order valence-electron chi connectivity index (χ3n) is 6.22. The zero-order valence-corrected chi connectivity index (χ0v) is 22.3. The van der Waals surface area contributed by atoms with Gasteiger partial charge in [0, 0.05) is 61.1 Å². The molecule has 2 aromatic carbocycles. The Morgan fingerprint density at radius 2 is 1.95 bits per heavy atom. The van der Waals surface area contributed by atoms with E-state index in [0.717, 1.165) is 28.1 Å². The van der Waals surface area contributed by atoms with Gasteiger partial charge in [0.2, 0.25) is 5.88 Å². The fourth-order valence-electron chi connectivity index (χ4n) is 4.15. The van der Waals surface area contributed by atoms with Gasteiger partial charge in [-0.2, -0.15) is 0 Å². The first-order chi connectivity index (χ1) is 18.8. The van der Waals surface area contributed by atoms with Gasteiger partial charge in [0.05, 0.1) is 30.0 Å². The van der Waals surface area contributed by atoms with Crippen LogP contribution in [0.3, 0.4) is 0 Å². The lowest BCUT2D eigenvalue weighted by Gasteiger charge is -2.26. The molecule has 5 rings (SSSR count). The summed E-state index contributed by atoms with van der Waals surface area (Å²) in [6.45, 7) is 1.72. The molecule has 0 radical (unpaired) electrons. The van der Waals surface area contributed by atoms with Crippen molar-refractivity contribution in [3.8, 4) is 5.75 Å². The first-order valence-electron chi connectivity index (χ1n) is 12.5. The van der Waals surface area contributed by atoms with Gasteiger partial charge < -0.3 is 14.5 Å². The summed E-state index contributed by atoms with van der Waals surface area (Å²) in [5.74, 6) is 1.21. The Bertz CT molecular complexity index is 1520. The molecule has 0 spiro atoms. The van der Waals surface area contributed by atoms with Crippen LogP contribution in [0.1, 0.15) is 11.1 Å². The number of nitrogens with one attached hydrogen (secondary N) is 1. The molecule has 0 saturated carbocycles. The standard InChI is InChI=1S/C29H29FN4O4S/c1-39(35,36)13-11-31-15-22-14-29(38-20-22)34-12-10-23-16-32-17-28(27(23)18-34)33-25-6-8-26(9-7-25)37-19-21-2-4-24(30)5-3-21/h2-10,12,14,16,18,20,23,31H,11,13,15,17,19H2,1H3. The van der Waals surface area contributed by atoms with Crippen molar-refractivity contribution in [2.24, 2.45) is 15.9 Å². The smallest absolute Gasteiger partial charge is 0.203 e. The maximum atomic E-state index is 13.1. The number of rotatable bonds is 10. The van der Waals surface area contributed by atoms with E-state index in [4.69, 9.17) is 14.1 Å². The molecule has 202 valence electrons. The lowest BCUT2D eigenvalue weighted by molar-refractivity contribution is 0.306. The number of nitrogens with zero attached hydrogens (tertiary/aromatic N) is 3. The fourth-order valence-corrected chi connectivity index (χ4v) is 4.66. The molecule has 2 aliphatic rings. The molecule has 1 N–H and O–H groups in total. The topological polar surface area (TPSA) is 96.5 Å². The second-order valence-corrected chi connectivity index (χ2v) is 11.7. The van der Waals surface area contributed by atoms with Crippen molar-refractivity contribution < 1.29 is 22.0 Å². The van der Waals surface area contributed by atoms with Crippen molar-refractivity contribution in [1.82, 2.24) is 5.32 Å². The van der Waals surface area contributed by atoms with E-state index >= 15 is 0 Å². The monoisotopic (exact) mass is 548 g/mol. The number of benzene rings is 2. The van der Waals surface area contributed by atoms with Gasteiger partial charge in [-0.05, 0) is 42.0 Å². The van der Waals surface area contributed by atoms with E-state index in [9.17, 15) is 12.8 Å². The van der Waals surface area contributed by atoms with E-state index in [1.54, 1.807) is 18.4 Å². The number of furan rings is 1. The second kappa shape index (κ2) is 11.8. The zero-order valence-electron chi connectivity index (χ0n) is 21.5. The lowest BCUT2D eigenvalue weighted by atomic mass is 9.92. The Hall–Kier alpha value is -4.02. The molecule has 8 nitrogen and oxygen atoms in total. The van der Waals surface area contributed by atoms with Crippen molar-refractivity contribution in [3.05, 3.63) is 102 Å². The van der Waals surface area contributed by atoms with E-state index in [1.165, 1.54) is 18.4 Å². The van der Waals surface area contributed by atoms with Crippen LogP contribution < -0.4 is 15.0 Å². The molecule has 0 saturated heterocycles. The average Bonchev–Trinajstić information content (AvgIpc) is 3.40. The minimum Gasteiger partial charge on any atom is -0.489 e. The number of allylic oxidation sites excluding steroid dienone is 1. The quantitative estimate of drug-likeness (QED) is 0.365. The third kappa shape index (κ3) is 7.30. The first-order valence-corrected chi connectivity index (χ1v) is 14.6. The highest BCUT2D eigenvalue weighted by Gasteiger charge is 2.24. The number of aliphatic imine (C=N–C) groups is 2.